The molecule has 0 aliphatic heterocycles. The van der Waals surface area contributed by atoms with Crippen molar-refractivity contribution in [2.24, 2.45) is 0 Å². The number of benzene rings is 2. The van der Waals surface area contributed by atoms with E-state index in [4.69, 9.17) is 16.7 Å². The third-order valence-electron chi connectivity index (χ3n) is 2.52. The molecule has 21 heavy (non-hydrogen) atoms. The van der Waals surface area contributed by atoms with Crippen molar-refractivity contribution in [3.8, 4) is 0 Å². The fourth-order valence-electron chi connectivity index (χ4n) is 1.54. The Hall–Kier alpha value is -1.32. The first kappa shape index (κ1) is 16.1. The van der Waals surface area contributed by atoms with Gasteiger partial charge in [-0.15, -0.1) is 0 Å². The summed E-state index contributed by atoms with van der Waals surface area (Å²) in [7, 11) is 0. The first-order valence-corrected chi connectivity index (χ1v) is 7.80. The van der Waals surface area contributed by atoms with E-state index in [9.17, 15) is 14.9 Å². The maximum atomic E-state index is 11.0. The zero-order valence-electron chi connectivity index (χ0n) is 10.2. The Morgan fingerprint density at radius 2 is 2.00 bits per heavy atom. The van der Waals surface area contributed by atoms with E-state index in [-0.39, 0.29) is 16.3 Å². The highest BCUT2D eigenvalue weighted by molar-refractivity contribution is 14.1. The quantitative estimate of drug-likeness (QED) is 0.428. The minimum atomic E-state index is -1.10. The molecule has 2 rings (SSSR count). The highest BCUT2D eigenvalue weighted by Crippen LogP contribution is 2.34. The molecule has 0 unspecified atom stereocenters. The van der Waals surface area contributed by atoms with E-state index in [0.29, 0.717) is 4.90 Å². The normalized spacial score (nSPS) is 10.4. The largest absolute Gasteiger partial charge is 0.478 e. The average Bonchev–Trinajstić information content (AvgIpc) is 2.42. The summed E-state index contributed by atoms with van der Waals surface area (Å²) in [5.74, 6) is -1.10. The van der Waals surface area contributed by atoms with Gasteiger partial charge in [0.2, 0.25) is 0 Å². The predicted octanol–water partition coefficient (Wildman–Crippen LogP) is 4.70. The maximum absolute atomic E-state index is 11.0. The second kappa shape index (κ2) is 6.63. The van der Waals surface area contributed by atoms with Gasteiger partial charge in [0.1, 0.15) is 0 Å². The fraction of sp³-hybridized carbons (Fsp3) is 0. The van der Waals surface area contributed by atoms with Crippen LogP contribution in [0.5, 0.6) is 0 Å². The molecule has 5 nitrogen and oxygen atoms in total. The Morgan fingerprint density at radius 3 is 2.57 bits per heavy atom. The maximum Gasteiger partial charge on any atom is 0.337 e. The van der Waals surface area contributed by atoms with Crippen molar-refractivity contribution in [3.05, 3.63) is 60.7 Å². The van der Waals surface area contributed by atoms with Crippen LogP contribution < -0.4 is 0 Å². The molecule has 0 spiro atoms. The topological polar surface area (TPSA) is 80.4 Å². The van der Waals surface area contributed by atoms with Crippen molar-refractivity contribution in [2.45, 2.75) is 9.79 Å². The zero-order chi connectivity index (χ0) is 15.6. The molecule has 0 amide bonds. The second-order valence-corrected chi connectivity index (χ2v) is 6.61. The number of carboxylic acid groups (broad SMARTS) is 1. The highest BCUT2D eigenvalue weighted by atomic mass is 127. The van der Waals surface area contributed by atoms with Crippen molar-refractivity contribution >= 4 is 57.6 Å². The number of nitro benzene ring substituents is 1. The molecule has 0 radical (unpaired) electrons. The standard InChI is InChI=1S/C13H7ClINO4S/c14-10-3-2-8(6-9(10)13(17)18)21-12-4-1-7(16(19)20)5-11(12)15/h1-6H,(H,17,18). The summed E-state index contributed by atoms with van der Waals surface area (Å²) >= 11 is 9.14. The monoisotopic (exact) mass is 435 g/mol. The Balaban J connectivity index is 2.32. The van der Waals surface area contributed by atoms with Crippen LogP contribution in [0.4, 0.5) is 5.69 Å². The number of aromatic carboxylic acids is 1. The summed E-state index contributed by atoms with van der Waals surface area (Å²) in [6, 6.07) is 9.23. The Kier molecular flexibility index (Phi) is 5.07. The molecule has 0 bridgehead atoms. The van der Waals surface area contributed by atoms with Crippen molar-refractivity contribution in [1.82, 2.24) is 0 Å². The lowest BCUT2D eigenvalue weighted by atomic mass is 10.2. The molecular weight excluding hydrogens is 429 g/mol. The van der Waals surface area contributed by atoms with Crippen molar-refractivity contribution in [1.29, 1.82) is 0 Å². The minimum Gasteiger partial charge on any atom is -0.478 e. The number of hydrogen-bond acceptors (Lipinski definition) is 4. The van der Waals surface area contributed by atoms with E-state index in [2.05, 4.69) is 0 Å². The minimum absolute atomic E-state index is 0.0195. The van der Waals surface area contributed by atoms with Crippen LogP contribution in [0.3, 0.4) is 0 Å². The van der Waals surface area contributed by atoms with Gasteiger partial charge in [-0.05, 0) is 46.9 Å². The molecular formula is C13H7ClINO4S. The van der Waals surface area contributed by atoms with E-state index < -0.39 is 10.9 Å². The van der Waals surface area contributed by atoms with Gasteiger partial charge >= 0.3 is 5.97 Å². The van der Waals surface area contributed by atoms with Crippen molar-refractivity contribution in [2.75, 3.05) is 0 Å². The van der Waals surface area contributed by atoms with Crippen molar-refractivity contribution in [3.63, 3.8) is 0 Å². The molecule has 2 aromatic carbocycles. The third kappa shape index (κ3) is 3.86. The molecule has 108 valence electrons. The molecule has 0 aromatic heterocycles. The zero-order valence-corrected chi connectivity index (χ0v) is 14.0. The van der Waals surface area contributed by atoms with Crippen LogP contribution in [0.1, 0.15) is 10.4 Å². The summed E-state index contributed by atoms with van der Waals surface area (Å²) in [5, 5.41) is 19.9. The number of rotatable bonds is 4. The molecule has 0 heterocycles. The number of halogens is 2. The van der Waals surface area contributed by atoms with Gasteiger partial charge < -0.3 is 5.11 Å². The smallest absolute Gasteiger partial charge is 0.337 e. The van der Waals surface area contributed by atoms with Gasteiger partial charge in [0.05, 0.1) is 15.5 Å². The van der Waals surface area contributed by atoms with Crippen molar-refractivity contribution < 1.29 is 14.8 Å². The average molecular weight is 436 g/mol. The van der Waals surface area contributed by atoms with Gasteiger partial charge in [0, 0.05) is 25.5 Å². The first-order chi connectivity index (χ1) is 9.88. The van der Waals surface area contributed by atoms with E-state index in [1.165, 1.54) is 36.0 Å². The number of carbonyl (C=O) groups is 1. The van der Waals surface area contributed by atoms with Gasteiger partial charge in [-0.25, -0.2) is 4.79 Å². The molecule has 0 atom stereocenters. The fourth-order valence-corrected chi connectivity index (χ4v) is 3.43. The second-order valence-electron chi connectivity index (χ2n) is 3.92. The molecule has 0 aliphatic carbocycles. The molecule has 2 aromatic rings. The Morgan fingerprint density at radius 1 is 1.29 bits per heavy atom. The summed E-state index contributed by atoms with van der Waals surface area (Å²) in [5.41, 5.74) is 0.0460. The summed E-state index contributed by atoms with van der Waals surface area (Å²) in [4.78, 5) is 22.8. The number of hydrogen-bond donors (Lipinski definition) is 1. The van der Waals surface area contributed by atoms with Crippen LogP contribution in [-0.2, 0) is 0 Å². The van der Waals surface area contributed by atoms with Crippen LogP contribution in [0.2, 0.25) is 5.02 Å². The van der Waals surface area contributed by atoms with Gasteiger partial charge in [0.25, 0.3) is 5.69 Å². The summed E-state index contributed by atoms with van der Waals surface area (Å²) in [6.45, 7) is 0. The Bertz CT molecular complexity index is 738. The van der Waals surface area contributed by atoms with Gasteiger partial charge in [0.15, 0.2) is 0 Å². The Labute approximate surface area is 142 Å². The van der Waals surface area contributed by atoms with Crippen LogP contribution in [0.15, 0.2) is 46.2 Å². The van der Waals surface area contributed by atoms with Crippen LogP contribution in [-0.4, -0.2) is 16.0 Å². The highest BCUT2D eigenvalue weighted by Gasteiger charge is 2.13. The number of non-ortho nitro benzene ring substituents is 1. The summed E-state index contributed by atoms with van der Waals surface area (Å²) in [6.07, 6.45) is 0. The molecule has 0 saturated heterocycles. The molecule has 0 aliphatic rings. The van der Waals surface area contributed by atoms with Gasteiger partial charge in [-0.2, -0.15) is 0 Å². The number of nitro groups is 1. The van der Waals surface area contributed by atoms with Crippen LogP contribution in [0.25, 0.3) is 0 Å². The van der Waals surface area contributed by atoms with E-state index >= 15 is 0 Å². The first-order valence-electron chi connectivity index (χ1n) is 5.53. The van der Waals surface area contributed by atoms with E-state index in [1.54, 1.807) is 12.1 Å². The van der Waals surface area contributed by atoms with Crippen LogP contribution >= 0.6 is 46.0 Å². The lowest BCUT2D eigenvalue weighted by Gasteiger charge is -2.06. The van der Waals surface area contributed by atoms with Gasteiger partial charge in [-0.1, -0.05) is 23.4 Å². The number of nitrogens with zero attached hydrogens (tertiary/aromatic N) is 1. The van der Waals surface area contributed by atoms with Crippen LogP contribution in [0, 0.1) is 13.7 Å². The third-order valence-corrected chi connectivity index (χ3v) is 5.18. The molecule has 8 heteroatoms. The lowest BCUT2D eigenvalue weighted by molar-refractivity contribution is -0.385. The van der Waals surface area contributed by atoms with E-state index in [0.717, 1.165) is 8.47 Å². The lowest BCUT2D eigenvalue weighted by Crippen LogP contribution is -1.97. The number of carboxylic acids is 1. The summed E-state index contributed by atoms with van der Waals surface area (Å²) < 4.78 is 0.721. The SMILES string of the molecule is O=C(O)c1cc(Sc2ccc([N+](=O)[O-])cc2I)ccc1Cl. The van der Waals surface area contributed by atoms with E-state index in [1.807, 2.05) is 22.6 Å². The van der Waals surface area contributed by atoms with Gasteiger partial charge in [-0.3, -0.25) is 10.1 Å². The predicted molar refractivity (Wildman–Crippen MR) is 88.3 cm³/mol. The molecule has 1 N–H and O–H groups in total. The molecule has 0 fully saturated rings. The molecule has 0 saturated carbocycles.